The molecule has 1 amide bonds. The summed E-state index contributed by atoms with van der Waals surface area (Å²) < 4.78 is 2.18. The quantitative estimate of drug-likeness (QED) is 0.441. The van der Waals surface area contributed by atoms with Gasteiger partial charge < -0.3 is 0 Å². The molecule has 0 aliphatic rings. The van der Waals surface area contributed by atoms with E-state index in [1.807, 2.05) is 49.4 Å². The zero-order valence-corrected chi connectivity index (χ0v) is 19.0. The van der Waals surface area contributed by atoms with Crippen molar-refractivity contribution >= 4 is 44.2 Å². The smallest absolute Gasteiger partial charge is 0.256 e. The van der Waals surface area contributed by atoms with Crippen LogP contribution in [0.3, 0.4) is 0 Å². The van der Waals surface area contributed by atoms with Gasteiger partial charge in [-0.3, -0.25) is 19.1 Å². The number of carbonyl (C=O) groups excluding carboxylic acids is 1. The summed E-state index contributed by atoms with van der Waals surface area (Å²) in [7, 11) is 0. The van der Waals surface area contributed by atoms with Gasteiger partial charge in [0.25, 0.3) is 5.56 Å². The standard InChI is InChI=1S/C23H21ClN4O2S/c1-14-9-10-18(24)21-20(14)26-23(31-21)28(11-17-7-5-4-6-8-17)19(29)12-27-13-25-16(3)15(2)22(27)30/h4-10,13H,11-12H2,1-3H3. The molecule has 4 rings (SSSR count). The van der Waals surface area contributed by atoms with Crippen LogP contribution >= 0.6 is 22.9 Å². The summed E-state index contributed by atoms with van der Waals surface area (Å²) in [6.45, 7) is 5.67. The Hall–Kier alpha value is -3.03. The summed E-state index contributed by atoms with van der Waals surface area (Å²) in [6.07, 6.45) is 1.42. The highest BCUT2D eigenvalue weighted by molar-refractivity contribution is 7.23. The second kappa shape index (κ2) is 8.61. The number of fused-ring (bicyclic) bond motifs is 1. The third-order valence-electron chi connectivity index (χ3n) is 5.22. The second-order valence-electron chi connectivity index (χ2n) is 7.39. The van der Waals surface area contributed by atoms with Crippen molar-refractivity contribution in [2.75, 3.05) is 4.90 Å². The Balaban J connectivity index is 1.75. The first-order valence-electron chi connectivity index (χ1n) is 9.77. The number of benzene rings is 2. The third kappa shape index (κ3) is 4.24. The lowest BCUT2D eigenvalue weighted by atomic mass is 10.2. The van der Waals surface area contributed by atoms with Gasteiger partial charge in [-0.15, -0.1) is 0 Å². The Morgan fingerprint density at radius 2 is 1.87 bits per heavy atom. The van der Waals surface area contributed by atoms with E-state index in [4.69, 9.17) is 16.6 Å². The molecule has 31 heavy (non-hydrogen) atoms. The number of anilines is 1. The van der Waals surface area contributed by atoms with Crippen molar-refractivity contribution in [3.63, 3.8) is 0 Å². The molecule has 0 aliphatic carbocycles. The summed E-state index contributed by atoms with van der Waals surface area (Å²) >= 11 is 7.76. The van der Waals surface area contributed by atoms with Crippen molar-refractivity contribution in [2.45, 2.75) is 33.9 Å². The molecule has 0 unspecified atom stereocenters. The fourth-order valence-electron chi connectivity index (χ4n) is 3.25. The van der Waals surface area contributed by atoms with Gasteiger partial charge >= 0.3 is 0 Å². The van der Waals surface area contributed by atoms with E-state index >= 15 is 0 Å². The van der Waals surface area contributed by atoms with Gasteiger partial charge in [-0.05, 0) is 38.0 Å². The highest BCUT2D eigenvalue weighted by Crippen LogP contribution is 2.36. The molecule has 0 bridgehead atoms. The lowest BCUT2D eigenvalue weighted by molar-refractivity contribution is -0.119. The number of aromatic nitrogens is 3. The van der Waals surface area contributed by atoms with Crippen LogP contribution in [-0.2, 0) is 17.9 Å². The van der Waals surface area contributed by atoms with Crippen molar-refractivity contribution < 1.29 is 4.79 Å². The van der Waals surface area contributed by atoms with Gasteiger partial charge in [0.2, 0.25) is 5.91 Å². The minimum absolute atomic E-state index is 0.123. The van der Waals surface area contributed by atoms with E-state index in [9.17, 15) is 9.59 Å². The topological polar surface area (TPSA) is 68.1 Å². The van der Waals surface area contributed by atoms with Crippen molar-refractivity contribution in [3.05, 3.63) is 86.6 Å². The first kappa shape index (κ1) is 21.2. The number of nitrogens with zero attached hydrogens (tertiary/aromatic N) is 4. The Kier molecular flexibility index (Phi) is 5.89. The Labute approximate surface area is 188 Å². The number of aryl methyl sites for hydroxylation is 2. The largest absolute Gasteiger partial charge is 0.289 e. The highest BCUT2D eigenvalue weighted by Gasteiger charge is 2.22. The predicted octanol–water partition coefficient (Wildman–Crippen LogP) is 4.67. The van der Waals surface area contributed by atoms with Crippen LogP contribution in [0.25, 0.3) is 10.2 Å². The number of rotatable bonds is 5. The highest BCUT2D eigenvalue weighted by atomic mass is 35.5. The van der Waals surface area contributed by atoms with Gasteiger partial charge in [0.1, 0.15) is 6.54 Å². The number of halogens is 1. The minimum Gasteiger partial charge on any atom is -0.289 e. The van der Waals surface area contributed by atoms with Gasteiger partial charge in [0, 0.05) is 11.3 Å². The maximum Gasteiger partial charge on any atom is 0.256 e. The van der Waals surface area contributed by atoms with E-state index in [1.165, 1.54) is 22.2 Å². The van der Waals surface area contributed by atoms with Gasteiger partial charge in [0.15, 0.2) is 5.13 Å². The van der Waals surface area contributed by atoms with E-state index in [-0.39, 0.29) is 18.0 Å². The van der Waals surface area contributed by atoms with E-state index in [1.54, 1.807) is 18.7 Å². The summed E-state index contributed by atoms with van der Waals surface area (Å²) in [5, 5.41) is 1.15. The molecule has 0 spiro atoms. The number of amides is 1. The monoisotopic (exact) mass is 452 g/mol. The van der Waals surface area contributed by atoms with E-state index in [0.717, 1.165) is 21.3 Å². The first-order valence-corrected chi connectivity index (χ1v) is 11.0. The molecule has 6 nitrogen and oxygen atoms in total. The average Bonchev–Trinajstić information content (AvgIpc) is 3.22. The molecule has 8 heteroatoms. The number of carbonyl (C=O) groups is 1. The Morgan fingerprint density at radius 3 is 2.58 bits per heavy atom. The molecule has 0 radical (unpaired) electrons. The van der Waals surface area contributed by atoms with Crippen LogP contribution in [0.1, 0.15) is 22.4 Å². The van der Waals surface area contributed by atoms with E-state index in [0.29, 0.717) is 28.0 Å². The van der Waals surface area contributed by atoms with Crippen LogP contribution in [0.5, 0.6) is 0 Å². The average molecular weight is 453 g/mol. The maximum atomic E-state index is 13.4. The van der Waals surface area contributed by atoms with Gasteiger partial charge in [0.05, 0.1) is 28.1 Å². The first-order chi connectivity index (χ1) is 14.8. The zero-order valence-electron chi connectivity index (χ0n) is 17.4. The molecule has 0 fully saturated rings. The van der Waals surface area contributed by atoms with Crippen molar-refractivity contribution in [3.8, 4) is 0 Å². The van der Waals surface area contributed by atoms with Crippen LogP contribution in [0.15, 0.2) is 53.6 Å². The van der Waals surface area contributed by atoms with Crippen molar-refractivity contribution in [1.82, 2.24) is 14.5 Å². The lowest BCUT2D eigenvalue weighted by Crippen LogP contribution is -2.37. The van der Waals surface area contributed by atoms with Crippen LogP contribution in [-0.4, -0.2) is 20.4 Å². The molecule has 0 N–H and O–H groups in total. The van der Waals surface area contributed by atoms with Crippen LogP contribution in [0.2, 0.25) is 5.02 Å². The molecule has 4 aromatic rings. The van der Waals surface area contributed by atoms with Gasteiger partial charge in [-0.1, -0.05) is 59.3 Å². The molecule has 0 atom stereocenters. The molecular weight excluding hydrogens is 432 g/mol. The molecule has 2 aromatic heterocycles. The van der Waals surface area contributed by atoms with Crippen molar-refractivity contribution in [2.24, 2.45) is 0 Å². The fourth-order valence-corrected chi connectivity index (χ4v) is 4.59. The third-order valence-corrected chi connectivity index (χ3v) is 6.76. The maximum absolute atomic E-state index is 13.4. The molecule has 0 saturated heterocycles. The number of hydrogen-bond donors (Lipinski definition) is 0. The van der Waals surface area contributed by atoms with Crippen LogP contribution in [0, 0.1) is 20.8 Å². The molecule has 2 aromatic carbocycles. The molecule has 0 aliphatic heterocycles. The summed E-state index contributed by atoms with van der Waals surface area (Å²) in [5.74, 6) is -0.246. The van der Waals surface area contributed by atoms with Gasteiger partial charge in [-0.25, -0.2) is 9.97 Å². The minimum atomic E-state index is -0.246. The number of thiazole rings is 1. The van der Waals surface area contributed by atoms with Crippen LogP contribution < -0.4 is 10.5 Å². The summed E-state index contributed by atoms with van der Waals surface area (Å²) in [5.41, 5.74) is 3.71. The Morgan fingerprint density at radius 1 is 1.13 bits per heavy atom. The fraction of sp³-hybridized carbons (Fsp3) is 0.217. The Bertz CT molecular complexity index is 1290. The molecule has 0 saturated carbocycles. The molecule has 2 heterocycles. The predicted molar refractivity (Wildman–Crippen MR) is 125 cm³/mol. The van der Waals surface area contributed by atoms with Gasteiger partial charge in [-0.2, -0.15) is 0 Å². The summed E-state index contributed by atoms with van der Waals surface area (Å²) in [6, 6.07) is 13.4. The second-order valence-corrected chi connectivity index (χ2v) is 8.78. The molecule has 158 valence electrons. The van der Waals surface area contributed by atoms with Crippen LogP contribution in [0.4, 0.5) is 5.13 Å². The SMILES string of the molecule is Cc1ncn(CC(=O)N(Cc2ccccc2)c2nc3c(C)ccc(Cl)c3s2)c(=O)c1C. The normalized spacial score (nSPS) is 11.1. The molecular formula is C23H21ClN4O2S. The van der Waals surface area contributed by atoms with E-state index in [2.05, 4.69) is 4.98 Å². The number of hydrogen-bond acceptors (Lipinski definition) is 5. The summed E-state index contributed by atoms with van der Waals surface area (Å²) in [4.78, 5) is 36.5. The van der Waals surface area contributed by atoms with Crippen molar-refractivity contribution in [1.29, 1.82) is 0 Å². The zero-order chi connectivity index (χ0) is 22.1. The lowest BCUT2D eigenvalue weighted by Gasteiger charge is -2.20. The van der Waals surface area contributed by atoms with E-state index < -0.39 is 0 Å².